The quantitative estimate of drug-likeness (QED) is 0.638. The molecule has 0 rings (SSSR count). The Balaban J connectivity index is 3.81. The second kappa shape index (κ2) is 4.66. The van der Waals surface area contributed by atoms with Crippen molar-refractivity contribution in [2.45, 2.75) is 47.1 Å². The van der Waals surface area contributed by atoms with Gasteiger partial charge in [-0.2, -0.15) is 0 Å². The molecule has 1 atom stereocenters. The zero-order chi connectivity index (χ0) is 9.78. The normalized spacial score (nSPS) is 14.4. The summed E-state index contributed by atoms with van der Waals surface area (Å²) in [6.45, 7) is 16.0. The monoisotopic (exact) mass is 169 g/mol. The summed E-state index contributed by atoms with van der Waals surface area (Å²) in [5.41, 5.74) is 1.60. The minimum atomic E-state index is 0.364. The summed E-state index contributed by atoms with van der Waals surface area (Å²) in [7, 11) is 0. The summed E-state index contributed by atoms with van der Waals surface area (Å²) in [4.78, 5) is 0. The lowest BCUT2D eigenvalue weighted by molar-refractivity contribution is 0.359. The average Bonchev–Trinajstić information content (AvgIpc) is 1.85. The SMILES string of the molecule is C=C(C)C(CC)NCC(C)(C)C. The van der Waals surface area contributed by atoms with Gasteiger partial charge in [-0.1, -0.05) is 39.8 Å². The van der Waals surface area contributed by atoms with Crippen LogP contribution in [0.3, 0.4) is 0 Å². The number of nitrogens with one attached hydrogen (secondary N) is 1. The first-order chi connectivity index (χ1) is 5.37. The van der Waals surface area contributed by atoms with Gasteiger partial charge in [-0.15, -0.1) is 0 Å². The highest BCUT2D eigenvalue weighted by Crippen LogP contribution is 2.12. The van der Waals surface area contributed by atoms with Crippen LogP contribution >= 0.6 is 0 Å². The number of hydrogen-bond acceptors (Lipinski definition) is 1. The van der Waals surface area contributed by atoms with Gasteiger partial charge < -0.3 is 5.32 Å². The molecule has 0 aliphatic carbocycles. The van der Waals surface area contributed by atoms with Crippen molar-refractivity contribution in [1.29, 1.82) is 0 Å². The van der Waals surface area contributed by atoms with E-state index in [9.17, 15) is 0 Å². The highest BCUT2D eigenvalue weighted by atomic mass is 14.9. The van der Waals surface area contributed by atoms with Crippen LogP contribution < -0.4 is 5.32 Å². The molecule has 0 heterocycles. The molecule has 0 aromatic heterocycles. The van der Waals surface area contributed by atoms with Crippen molar-refractivity contribution in [3.8, 4) is 0 Å². The molecule has 0 saturated carbocycles. The minimum absolute atomic E-state index is 0.364. The third-order valence-corrected chi connectivity index (χ3v) is 1.88. The van der Waals surface area contributed by atoms with E-state index in [1.807, 2.05) is 0 Å². The number of rotatable bonds is 4. The van der Waals surface area contributed by atoms with Crippen molar-refractivity contribution in [3.05, 3.63) is 12.2 Å². The molecule has 0 aromatic rings. The molecule has 72 valence electrons. The molecule has 1 unspecified atom stereocenters. The minimum Gasteiger partial charge on any atom is -0.310 e. The molecule has 0 aliphatic rings. The van der Waals surface area contributed by atoms with Crippen LogP contribution in [0.1, 0.15) is 41.0 Å². The average molecular weight is 169 g/mol. The molecule has 0 fully saturated rings. The molecule has 0 saturated heterocycles. The van der Waals surface area contributed by atoms with E-state index in [4.69, 9.17) is 0 Å². The Morgan fingerprint density at radius 1 is 1.42 bits per heavy atom. The molecule has 0 aliphatic heterocycles. The molecule has 1 heteroatoms. The maximum Gasteiger partial charge on any atom is 0.0271 e. The lowest BCUT2D eigenvalue weighted by Gasteiger charge is -2.24. The van der Waals surface area contributed by atoms with Crippen LogP contribution in [0.2, 0.25) is 0 Å². The van der Waals surface area contributed by atoms with Crippen molar-refractivity contribution in [1.82, 2.24) is 5.32 Å². The third-order valence-electron chi connectivity index (χ3n) is 1.88. The van der Waals surface area contributed by atoms with Gasteiger partial charge in [0.2, 0.25) is 0 Å². The van der Waals surface area contributed by atoms with Gasteiger partial charge in [-0.3, -0.25) is 0 Å². The summed E-state index contributed by atoms with van der Waals surface area (Å²) in [5.74, 6) is 0. The van der Waals surface area contributed by atoms with E-state index >= 15 is 0 Å². The van der Waals surface area contributed by atoms with Gasteiger partial charge in [0.05, 0.1) is 0 Å². The van der Waals surface area contributed by atoms with Gasteiger partial charge in [0.15, 0.2) is 0 Å². The van der Waals surface area contributed by atoms with Gasteiger partial charge in [0, 0.05) is 12.6 Å². The van der Waals surface area contributed by atoms with E-state index in [1.165, 1.54) is 5.57 Å². The molecule has 1 nitrogen and oxygen atoms in total. The van der Waals surface area contributed by atoms with Crippen molar-refractivity contribution < 1.29 is 0 Å². The molecule has 0 bridgehead atoms. The largest absolute Gasteiger partial charge is 0.310 e. The first kappa shape index (κ1) is 11.7. The topological polar surface area (TPSA) is 12.0 Å². The van der Waals surface area contributed by atoms with Crippen molar-refractivity contribution in [2.75, 3.05) is 6.54 Å². The zero-order valence-corrected chi connectivity index (χ0v) is 9.20. The Labute approximate surface area is 77.2 Å². The molecule has 0 amide bonds. The van der Waals surface area contributed by atoms with E-state index in [-0.39, 0.29) is 0 Å². The predicted octanol–water partition coefficient (Wildman–Crippen LogP) is 2.98. The van der Waals surface area contributed by atoms with E-state index in [0.717, 1.165) is 13.0 Å². The number of hydrogen-bond donors (Lipinski definition) is 1. The smallest absolute Gasteiger partial charge is 0.0271 e. The molecular weight excluding hydrogens is 146 g/mol. The van der Waals surface area contributed by atoms with Gasteiger partial charge in [-0.05, 0) is 18.8 Å². The summed E-state index contributed by atoms with van der Waals surface area (Å²) >= 11 is 0. The van der Waals surface area contributed by atoms with Crippen molar-refractivity contribution in [2.24, 2.45) is 5.41 Å². The van der Waals surface area contributed by atoms with E-state index in [1.54, 1.807) is 0 Å². The van der Waals surface area contributed by atoms with Crippen LogP contribution in [-0.2, 0) is 0 Å². The molecule has 0 spiro atoms. The standard InChI is InChI=1S/C11H23N/c1-7-10(9(2)3)12-8-11(4,5)6/h10,12H,2,7-8H2,1,3-6H3. The Hall–Kier alpha value is -0.300. The fourth-order valence-corrected chi connectivity index (χ4v) is 1.10. The molecule has 1 N–H and O–H groups in total. The summed E-state index contributed by atoms with van der Waals surface area (Å²) < 4.78 is 0. The first-order valence-electron chi connectivity index (χ1n) is 4.75. The highest BCUT2D eigenvalue weighted by molar-refractivity contribution is 5.00. The maximum absolute atomic E-state index is 3.96. The lowest BCUT2D eigenvalue weighted by Crippen LogP contribution is -2.35. The van der Waals surface area contributed by atoms with Crippen LogP contribution in [0.15, 0.2) is 12.2 Å². The highest BCUT2D eigenvalue weighted by Gasteiger charge is 2.13. The Kier molecular flexibility index (Phi) is 4.54. The summed E-state index contributed by atoms with van der Waals surface area (Å²) in [6.07, 6.45) is 1.13. The fraction of sp³-hybridized carbons (Fsp3) is 0.818. The van der Waals surface area contributed by atoms with Crippen LogP contribution in [0.4, 0.5) is 0 Å². The second-order valence-electron chi connectivity index (χ2n) is 4.75. The summed E-state index contributed by atoms with van der Waals surface area (Å²) in [6, 6.07) is 0.490. The Bertz CT molecular complexity index is 142. The molecule has 12 heavy (non-hydrogen) atoms. The predicted molar refractivity (Wildman–Crippen MR) is 56.4 cm³/mol. The van der Waals surface area contributed by atoms with Crippen LogP contribution in [0.5, 0.6) is 0 Å². The second-order valence-corrected chi connectivity index (χ2v) is 4.75. The van der Waals surface area contributed by atoms with E-state index in [2.05, 4.69) is 46.5 Å². The molecule has 0 aromatic carbocycles. The van der Waals surface area contributed by atoms with Gasteiger partial charge in [-0.25, -0.2) is 0 Å². The third kappa shape index (κ3) is 5.36. The zero-order valence-electron chi connectivity index (χ0n) is 9.20. The maximum atomic E-state index is 3.96. The summed E-state index contributed by atoms with van der Waals surface area (Å²) in [5, 5.41) is 3.51. The van der Waals surface area contributed by atoms with Crippen molar-refractivity contribution in [3.63, 3.8) is 0 Å². The van der Waals surface area contributed by atoms with Gasteiger partial charge in [0.1, 0.15) is 0 Å². The van der Waals surface area contributed by atoms with Gasteiger partial charge >= 0.3 is 0 Å². The fourth-order valence-electron chi connectivity index (χ4n) is 1.10. The molecule has 0 radical (unpaired) electrons. The van der Waals surface area contributed by atoms with Crippen LogP contribution in [0.25, 0.3) is 0 Å². The van der Waals surface area contributed by atoms with Crippen LogP contribution in [0, 0.1) is 5.41 Å². The molecular formula is C11H23N. The first-order valence-corrected chi connectivity index (χ1v) is 4.75. The van der Waals surface area contributed by atoms with E-state index in [0.29, 0.717) is 11.5 Å². The Morgan fingerprint density at radius 2 is 1.92 bits per heavy atom. The lowest BCUT2D eigenvalue weighted by atomic mass is 9.95. The van der Waals surface area contributed by atoms with Crippen LogP contribution in [-0.4, -0.2) is 12.6 Å². The van der Waals surface area contributed by atoms with Gasteiger partial charge in [0.25, 0.3) is 0 Å². The van der Waals surface area contributed by atoms with Crippen molar-refractivity contribution >= 4 is 0 Å². The Morgan fingerprint density at radius 3 is 2.17 bits per heavy atom. The van der Waals surface area contributed by atoms with E-state index < -0.39 is 0 Å².